The van der Waals surface area contributed by atoms with Gasteiger partial charge >= 0.3 is 0 Å². The zero-order valence-corrected chi connectivity index (χ0v) is 16.5. The summed E-state index contributed by atoms with van der Waals surface area (Å²) in [6.07, 6.45) is 4.52. The molecule has 6 heteroatoms. The van der Waals surface area contributed by atoms with Gasteiger partial charge in [0.1, 0.15) is 0 Å². The SMILES string of the molecule is O=S(=O)(NCCc1ccc(N2CCCCC2)cc1)c1ccccc1Br. The highest BCUT2D eigenvalue weighted by atomic mass is 79.9. The van der Waals surface area contributed by atoms with Crippen molar-refractivity contribution in [2.75, 3.05) is 24.5 Å². The molecule has 0 aromatic heterocycles. The molecule has 2 aromatic carbocycles. The Morgan fingerprint density at radius 3 is 2.32 bits per heavy atom. The van der Waals surface area contributed by atoms with Crippen LogP contribution < -0.4 is 9.62 Å². The Bertz CT molecular complexity index is 800. The minimum Gasteiger partial charge on any atom is -0.372 e. The van der Waals surface area contributed by atoms with Crippen LogP contribution in [0.2, 0.25) is 0 Å². The molecule has 1 fully saturated rings. The van der Waals surface area contributed by atoms with Crippen LogP contribution in [-0.2, 0) is 16.4 Å². The van der Waals surface area contributed by atoms with Gasteiger partial charge in [0.25, 0.3) is 0 Å². The normalized spacial score (nSPS) is 15.3. The van der Waals surface area contributed by atoms with Crippen molar-refractivity contribution in [2.45, 2.75) is 30.6 Å². The molecule has 0 atom stereocenters. The molecule has 0 radical (unpaired) electrons. The molecule has 1 heterocycles. The molecule has 1 aliphatic heterocycles. The first-order valence-corrected chi connectivity index (χ1v) is 10.9. The second-order valence-corrected chi connectivity index (χ2v) is 8.88. The molecule has 2 aromatic rings. The van der Waals surface area contributed by atoms with Gasteiger partial charge in [0.2, 0.25) is 10.0 Å². The Hall–Kier alpha value is -1.37. The summed E-state index contributed by atoms with van der Waals surface area (Å²) >= 11 is 3.29. The Labute approximate surface area is 158 Å². The second kappa shape index (κ2) is 8.34. The Kier molecular flexibility index (Phi) is 6.15. The van der Waals surface area contributed by atoms with Crippen molar-refractivity contribution in [3.63, 3.8) is 0 Å². The number of halogens is 1. The summed E-state index contributed by atoms with van der Waals surface area (Å²) < 4.78 is 28.0. The predicted octanol–water partition coefficient (Wildman–Crippen LogP) is 3.96. The molecule has 1 aliphatic rings. The minimum absolute atomic E-state index is 0.274. The lowest BCUT2D eigenvalue weighted by Gasteiger charge is -2.28. The number of sulfonamides is 1. The maximum Gasteiger partial charge on any atom is 0.241 e. The number of hydrogen-bond donors (Lipinski definition) is 1. The van der Waals surface area contributed by atoms with Crippen LogP contribution in [0.5, 0.6) is 0 Å². The number of rotatable bonds is 6. The van der Waals surface area contributed by atoms with Crippen LogP contribution >= 0.6 is 15.9 Å². The highest BCUT2D eigenvalue weighted by Crippen LogP contribution is 2.22. The quantitative estimate of drug-likeness (QED) is 0.765. The van der Waals surface area contributed by atoms with Crippen molar-refractivity contribution in [3.8, 4) is 0 Å². The molecular weight excluding hydrogens is 400 g/mol. The average Bonchev–Trinajstić information content (AvgIpc) is 2.63. The molecule has 0 saturated carbocycles. The van der Waals surface area contributed by atoms with E-state index in [4.69, 9.17) is 0 Å². The number of benzene rings is 2. The summed E-state index contributed by atoms with van der Waals surface area (Å²) in [5, 5.41) is 0. The van der Waals surface area contributed by atoms with E-state index in [1.807, 2.05) is 0 Å². The van der Waals surface area contributed by atoms with Crippen molar-refractivity contribution in [2.24, 2.45) is 0 Å². The number of nitrogens with zero attached hydrogens (tertiary/aromatic N) is 1. The smallest absolute Gasteiger partial charge is 0.241 e. The van der Waals surface area contributed by atoms with Crippen LogP contribution in [0.3, 0.4) is 0 Å². The number of nitrogens with one attached hydrogen (secondary N) is 1. The monoisotopic (exact) mass is 422 g/mol. The van der Waals surface area contributed by atoms with Gasteiger partial charge in [-0.25, -0.2) is 13.1 Å². The fourth-order valence-corrected chi connectivity index (χ4v) is 5.13. The number of anilines is 1. The Balaban J connectivity index is 1.56. The van der Waals surface area contributed by atoms with Crippen molar-refractivity contribution in [1.29, 1.82) is 0 Å². The van der Waals surface area contributed by atoms with E-state index in [0.717, 1.165) is 18.7 Å². The van der Waals surface area contributed by atoms with Crippen LogP contribution in [0.25, 0.3) is 0 Å². The third-order valence-corrected chi connectivity index (χ3v) is 6.96. The van der Waals surface area contributed by atoms with Crippen molar-refractivity contribution >= 4 is 31.6 Å². The van der Waals surface area contributed by atoms with E-state index in [-0.39, 0.29) is 4.90 Å². The van der Waals surface area contributed by atoms with Crippen molar-refractivity contribution in [3.05, 3.63) is 58.6 Å². The Morgan fingerprint density at radius 2 is 1.64 bits per heavy atom. The lowest BCUT2D eigenvalue weighted by atomic mass is 10.1. The lowest BCUT2D eigenvalue weighted by Crippen LogP contribution is -2.29. The topological polar surface area (TPSA) is 49.4 Å². The zero-order chi connectivity index (χ0) is 17.7. The summed E-state index contributed by atoms with van der Waals surface area (Å²) in [6.45, 7) is 2.64. The number of piperidine rings is 1. The standard InChI is InChI=1S/C19H23BrN2O2S/c20-18-6-2-3-7-19(18)25(23,24)21-13-12-16-8-10-17(11-9-16)22-14-4-1-5-15-22/h2-3,6-11,21H,1,4-5,12-15H2. The minimum atomic E-state index is -3.49. The fraction of sp³-hybridized carbons (Fsp3) is 0.368. The molecule has 1 N–H and O–H groups in total. The molecule has 3 rings (SSSR count). The molecule has 25 heavy (non-hydrogen) atoms. The maximum atomic E-state index is 12.4. The van der Waals surface area contributed by atoms with Gasteiger partial charge in [0, 0.05) is 29.8 Å². The van der Waals surface area contributed by atoms with Crippen LogP contribution in [0, 0.1) is 0 Å². The first-order valence-electron chi connectivity index (χ1n) is 8.64. The van der Waals surface area contributed by atoms with Crippen LogP contribution in [0.15, 0.2) is 57.9 Å². The third kappa shape index (κ3) is 4.84. The molecular formula is C19H23BrN2O2S. The van der Waals surface area contributed by atoms with Crippen molar-refractivity contribution < 1.29 is 8.42 Å². The molecule has 0 unspecified atom stereocenters. The molecule has 1 saturated heterocycles. The van der Waals surface area contributed by atoms with E-state index in [9.17, 15) is 8.42 Å². The largest absolute Gasteiger partial charge is 0.372 e. The fourth-order valence-electron chi connectivity index (χ4n) is 3.10. The average molecular weight is 423 g/mol. The predicted molar refractivity (Wildman–Crippen MR) is 106 cm³/mol. The van der Waals surface area contributed by atoms with Gasteiger partial charge < -0.3 is 4.90 Å². The summed E-state index contributed by atoms with van der Waals surface area (Å²) in [6, 6.07) is 15.3. The van der Waals surface area contributed by atoms with E-state index >= 15 is 0 Å². The molecule has 0 aliphatic carbocycles. The van der Waals surface area contributed by atoms with Gasteiger partial charge in [0.15, 0.2) is 0 Å². The van der Waals surface area contributed by atoms with E-state index < -0.39 is 10.0 Å². The first kappa shape index (κ1) is 18.4. The zero-order valence-electron chi connectivity index (χ0n) is 14.1. The van der Waals surface area contributed by atoms with Gasteiger partial charge in [-0.05, 0) is 71.4 Å². The van der Waals surface area contributed by atoms with E-state index in [1.165, 1.54) is 24.9 Å². The van der Waals surface area contributed by atoms with Crippen molar-refractivity contribution in [1.82, 2.24) is 4.72 Å². The van der Waals surface area contributed by atoms with E-state index in [1.54, 1.807) is 24.3 Å². The van der Waals surface area contributed by atoms with E-state index in [0.29, 0.717) is 17.4 Å². The van der Waals surface area contributed by atoms with E-state index in [2.05, 4.69) is 49.8 Å². The molecule has 134 valence electrons. The second-order valence-electron chi connectivity index (χ2n) is 6.29. The van der Waals surface area contributed by atoms with Gasteiger partial charge in [-0.3, -0.25) is 0 Å². The van der Waals surface area contributed by atoms with Crippen LogP contribution in [0.1, 0.15) is 24.8 Å². The lowest BCUT2D eigenvalue weighted by molar-refractivity contribution is 0.577. The molecule has 0 amide bonds. The van der Waals surface area contributed by atoms with Gasteiger partial charge in [-0.15, -0.1) is 0 Å². The summed E-state index contributed by atoms with van der Waals surface area (Å²) in [5.41, 5.74) is 2.40. The molecule has 0 bridgehead atoms. The van der Waals surface area contributed by atoms with Crippen LogP contribution in [-0.4, -0.2) is 28.1 Å². The van der Waals surface area contributed by atoms with Gasteiger partial charge in [-0.1, -0.05) is 24.3 Å². The summed E-state index contributed by atoms with van der Waals surface area (Å²) in [5.74, 6) is 0. The maximum absolute atomic E-state index is 12.4. The number of hydrogen-bond acceptors (Lipinski definition) is 3. The first-order chi connectivity index (χ1) is 12.1. The highest BCUT2D eigenvalue weighted by molar-refractivity contribution is 9.10. The molecule has 0 spiro atoms. The Morgan fingerprint density at radius 1 is 0.960 bits per heavy atom. The van der Waals surface area contributed by atoms with Crippen LogP contribution in [0.4, 0.5) is 5.69 Å². The molecule has 4 nitrogen and oxygen atoms in total. The van der Waals surface area contributed by atoms with Gasteiger partial charge in [-0.2, -0.15) is 0 Å². The van der Waals surface area contributed by atoms with Gasteiger partial charge in [0.05, 0.1) is 4.90 Å². The summed E-state index contributed by atoms with van der Waals surface area (Å²) in [7, 11) is -3.49. The highest BCUT2D eigenvalue weighted by Gasteiger charge is 2.16. The third-order valence-electron chi connectivity index (χ3n) is 4.49. The summed E-state index contributed by atoms with van der Waals surface area (Å²) in [4.78, 5) is 2.69.